The first-order valence-corrected chi connectivity index (χ1v) is 10.3. The lowest BCUT2D eigenvalue weighted by molar-refractivity contribution is -0.123. The van der Waals surface area contributed by atoms with Crippen LogP contribution >= 0.6 is 11.6 Å². The quantitative estimate of drug-likeness (QED) is 0.640. The van der Waals surface area contributed by atoms with Gasteiger partial charge in [0, 0.05) is 11.1 Å². The van der Waals surface area contributed by atoms with Crippen molar-refractivity contribution in [3.63, 3.8) is 0 Å². The minimum atomic E-state index is -3.72. The molecule has 1 unspecified atom stereocenters. The van der Waals surface area contributed by atoms with E-state index >= 15 is 0 Å². The molecule has 0 aliphatic carbocycles. The highest BCUT2D eigenvalue weighted by Crippen LogP contribution is 2.31. The zero-order valence-electron chi connectivity index (χ0n) is 16.3. The van der Waals surface area contributed by atoms with E-state index in [0.29, 0.717) is 16.5 Å². The lowest BCUT2D eigenvalue weighted by atomic mass is 10.2. The molecular weight excluding hydrogens is 420 g/mol. The van der Waals surface area contributed by atoms with Gasteiger partial charge in [-0.15, -0.1) is 0 Å². The Kier molecular flexibility index (Phi) is 7.23. The SMILES string of the molecule is CNS(=O)(=O)c1cccc(C(=O)OC(C)C(=O)Nc2cc(C)c(Cl)cc2OC)c1. The van der Waals surface area contributed by atoms with Gasteiger partial charge in [-0.1, -0.05) is 17.7 Å². The fourth-order valence-electron chi connectivity index (χ4n) is 2.35. The fourth-order valence-corrected chi connectivity index (χ4v) is 3.28. The van der Waals surface area contributed by atoms with Crippen LogP contribution in [0.25, 0.3) is 0 Å². The fraction of sp³-hybridized carbons (Fsp3) is 0.263. The maximum absolute atomic E-state index is 12.4. The van der Waals surface area contributed by atoms with Crippen molar-refractivity contribution in [3.8, 4) is 5.75 Å². The van der Waals surface area contributed by atoms with Crippen LogP contribution in [-0.4, -0.2) is 40.6 Å². The number of methoxy groups -OCH3 is 1. The number of benzene rings is 2. The van der Waals surface area contributed by atoms with E-state index in [2.05, 4.69) is 10.0 Å². The van der Waals surface area contributed by atoms with Gasteiger partial charge in [0.05, 0.1) is 23.3 Å². The van der Waals surface area contributed by atoms with Crippen molar-refractivity contribution in [2.45, 2.75) is 24.8 Å². The van der Waals surface area contributed by atoms with E-state index in [1.54, 1.807) is 19.1 Å². The van der Waals surface area contributed by atoms with E-state index in [4.69, 9.17) is 21.1 Å². The molecule has 0 radical (unpaired) electrons. The number of rotatable bonds is 7. The van der Waals surface area contributed by atoms with Gasteiger partial charge in [-0.2, -0.15) is 0 Å². The molecule has 0 aromatic heterocycles. The summed E-state index contributed by atoms with van der Waals surface area (Å²) < 4.78 is 36.3. The number of carbonyl (C=O) groups excluding carboxylic acids is 2. The van der Waals surface area contributed by atoms with E-state index in [1.165, 1.54) is 45.3 Å². The van der Waals surface area contributed by atoms with Crippen molar-refractivity contribution in [2.75, 3.05) is 19.5 Å². The smallest absolute Gasteiger partial charge is 0.338 e. The van der Waals surface area contributed by atoms with Gasteiger partial charge < -0.3 is 14.8 Å². The molecule has 10 heteroatoms. The Hall–Kier alpha value is -2.62. The number of hydrogen-bond donors (Lipinski definition) is 2. The van der Waals surface area contributed by atoms with Crippen LogP contribution in [0.15, 0.2) is 41.3 Å². The van der Waals surface area contributed by atoms with Crippen LogP contribution in [0.1, 0.15) is 22.8 Å². The highest BCUT2D eigenvalue weighted by molar-refractivity contribution is 7.89. The molecule has 2 aromatic carbocycles. The molecule has 156 valence electrons. The second-order valence-corrected chi connectivity index (χ2v) is 8.37. The molecule has 0 aliphatic heterocycles. The van der Waals surface area contributed by atoms with Crippen molar-refractivity contribution < 1.29 is 27.5 Å². The summed E-state index contributed by atoms with van der Waals surface area (Å²) in [5.41, 5.74) is 1.11. The van der Waals surface area contributed by atoms with Crippen LogP contribution in [0.4, 0.5) is 5.69 Å². The first-order valence-electron chi connectivity index (χ1n) is 8.48. The molecule has 2 aromatic rings. The summed E-state index contributed by atoms with van der Waals surface area (Å²) in [7, 11) is -1.02. The molecule has 2 rings (SSSR count). The Morgan fingerprint density at radius 1 is 1.17 bits per heavy atom. The van der Waals surface area contributed by atoms with Crippen LogP contribution in [0.2, 0.25) is 5.02 Å². The zero-order chi connectivity index (χ0) is 21.8. The van der Waals surface area contributed by atoms with Crippen LogP contribution in [0.5, 0.6) is 5.75 Å². The number of hydrogen-bond acceptors (Lipinski definition) is 6. The number of carbonyl (C=O) groups is 2. The molecule has 8 nitrogen and oxygen atoms in total. The van der Waals surface area contributed by atoms with Crippen molar-refractivity contribution >= 4 is 39.2 Å². The van der Waals surface area contributed by atoms with Crippen molar-refractivity contribution in [1.29, 1.82) is 0 Å². The average molecular weight is 441 g/mol. The van der Waals surface area contributed by atoms with Crippen LogP contribution in [0.3, 0.4) is 0 Å². The second kappa shape index (κ2) is 9.25. The molecule has 0 aliphatic rings. The summed E-state index contributed by atoms with van der Waals surface area (Å²) in [5, 5.41) is 3.11. The molecular formula is C19H21ClN2O6S. The number of aryl methyl sites for hydroxylation is 1. The summed E-state index contributed by atoms with van der Waals surface area (Å²) in [4.78, 5) is 24.7. The van der Waals surface area contributed by atoms with Gasteiger partial charge in [-0.25, -0.2) is 17.9 Å². The number of amides is 1. The first-order chi connectivity index (χ1) is 13.6. The predicted octanol–water partition coefficient (Wildman–Crippen LogP) is 2.75. The van der Waals surface area contributed by atoms with E-state index < -0.39 is 28.0 Å². The molecule has 29 heavy (non-hydrogen) atoms. The lowest BCUT2D eigenvalue weighted by Crippen LogP contribution is -2.30. The molecule has 2 N–H and O–H groups in total. The Balaban J connectivity index is 2.13. The van der Waals surface area contributed by atoms with Crippen LogP contribution in [-0.2, 0) is 19.6 Å². The Labute approximate surface area is 174 Å². The van der Waals surface area contributed by atoms with Crippen LogP contribution < -0.4 is 14.8 Å². The summed E-state index contributed by atoms with van der Waals surface area (Å²) in [6.45, 7) is 3.17. The largest absolute Gasteiger partial charge is 0.495 e. The predicted molar refractivity (Wildman–Crippen MR) is 109 cm³/mol. The average Bonchev–Trinajstić information content (AvgIpc) is 2.70. The molecule has 0 saturated heterocycles. The maximum atomic E-state index is 12.4. The Morgan fingerprint density at radius 2 is 1.86 bits per heavy atom. The number of anilines is 1. The van der Waals surface area contributed by atoms with Crippen molar-refractivity contribution in [1.82, 2.24) is 4.72 Å². The third-order valence-corrected chi connectivity index (χ3v) is 5.86. The number of sulfonamides is 1. The molecule has 0 spiro atoms. The van der Waals surface area contributed by atoms with Gasteiger partial charge >= 0.3 is 5.97 Å². The van der Waals surface area contributed by atoms with Gasteiger partial charge in [0.25, 0.3) is 5.91 Å². The van der Waals surface area contributed by atoms with Gasteiger partial charge in [0.15, 0.2) is 6.10 Å². The molecule has 1 amide bonds. The minimum Gasteiger partial charge on any atom is -0.495 e. The van der Waals surface area contributed by atoms with E-state index in [-0.39, 0.29) is 10.5 Å². The highest BCUT2D eigenvalue weighted by atomic mass is 35.5. The zero-order valence-corrected chi connectivity index (χ0v) is 17.8. The normalized spacial score (nSPS) is 12.2. The summed E-state index contributed by atoms with van der Waals surface area (Å²) >= 11 is 6.05. The molecule has 0 saturated carbocycles. The van der Waals surface area contributed by atoms with Gasteiger partial charge in [-0.05, 0) is 50.7 Å². The van der Waals surface area contributed by atoms with E-state index in [9.17, 15) is 18.0 Å². The van der Waals surface area contributed by atoms with E-state index in [0.717, 1.165) is 5.56 Å². The van der Waals surface area contributed by atoms with Crippen molar-refractivity contribution in [3.05, 3.63) is 52.5 Å². The number of nitrogens with one attached hydrogen (secondary N) is 2. The second-order valence-electron chi connectivity index (χ2n) is 6.07. The highest BCUT2D eigenvalue weighted by Gasteiger charge is 2.22. The van der Waals surface area contributed by atoms with E-state index in [1.807, 2.05) is 0 Å². The number of halogens is 1. The third-order valence-electron chi connectivity index (χ3n) is 4.04. The molecule has 0 heterocycles. The standard InChI is InChI=1S/C19H21ClN2O6S/c1-11-8-16(17(27-4)10-15(11)20)22-18(23)12(2)28-19(24)13-6-5-7-14(9-13)29(25,26)21-3/h5-10,12,21H,1-4H3,(H,22,23). The summed E-state index contributed by atoms with van der Waals surface area (Å²) in [5.74, 6) is -1.06. The maximum Gasteiger partial charge on any atom is 0.338 e. The van der Waals surface area contributed by atoms with Gasteiger partial charge in [0.1, 0.15) is 5.75 Å². The van der Waals surface area contributed by atoms with Gasteiger partial charge in [0.2, 0.25) is 10.0 Å². The monoisotopic (exact) mass is 440 g/mol. The first kappa shape index (κ1) is 22.7. The Bertz CT molecular complexity index is 1040. The molecule has 1 atom stereocenters. The number of ether oxygens (including phenoxy) is 2. The molecule has 0 fully saturated rings. The Morgan fingerprint density at radius 3 is 2.48 bits per heavy atom. The lowest BCUT2D eigenvalue weighted by Gasteiger charge is -2.16. The summed E-state index contributed by atoms with van der Waals surface area (Å²) in [6.07, 6.45) is -1.15. The van der Waals surface area contributed by atoms with Crippen LogP contribution in [0, 0.1) is 6.92 Å². The van der Waals surface area contributed by atoms with Gasteiger partial charge in [-0.3, -0.25) is 4.79 Å². The third kappa shape index (κ3) is 5.47. The molecule has 0 bridgehead atoms. The minimum absolute atomic E-state index is 0.000827. The topological polar surface area (TPSA) is 111 Å². The summed E-state index contributed by atoms with van der Waals surface area (Å²) in [6, 6.07) is 8.52. The van der Waals surface area contributed by atoms with Crippen molar-refractivity contribution in [2.24, 2.45) is 0 Å². The number of esters is 1.